The summed E-state index contributed by atoms with van der Waals surface area (Å²) >= 11 is 0. The van der Waals surface area contributed by atoms with Gasteiger partial charge in [-0.2, -0.15) is 0 Å². The van der Waals surface area contributed by atoms with Crippen molar-refractivity contribution in [2.24, 2.45) is 5.92 Å². The number of hydrogen-bond acceptors (Lipinski definition) is 5. The molecule has 0 aromatic rings. The molecule has 0 saturated heterocycles. The zero-order valence-corrected chi connectivity index (χ0v) is 9.18. The fourth-order valence-electron chi connectivity index (χ4n) is 1.98. The number of esters is 1. The molecule has 0 aliphatic heterocycles. The number of carbonyl (C=O) groups is 2. The minimum atomic E-state index is -1.41. The molecule has 6 heteroatoms. The number of ether oxygens (including phenoxy) is 1. The predicted octanol–water partition coefficient (Wildman–Crippen LogP) is 0.954. The van der Waals surface area contributed by atoms with Gasteiger partial charge in [-0.3, -0.25) is 14.9 Å². The lowest BCUT2D eigenvalue weighted by atomic mass is 9.84. The molecule has 0 spiro atoms. The summed E-state index contributed by atoms with van der Waals surface area (Å²) in [5, 5.41) is 10.7. The summed E-state index contributed by atoms with van der Waals surface area (Å²) in [6.07, 6.45) is 2.81. The molecule has 0 aromatic carbocycles. The van der Waals surface area contributed by atoms with Crippen molar-refractivity contribution in [3.05, 3.63) is 10.1 Å². The van der Waals surface area contributed by atoms with Gasteiger partial charge in [0.15, 0.2) is 0 Å². The third-order valence-corrected chi connectivity index (χ3v) is 2.92. The monoisotopic (exact) mass is 229 g/mol. The molecule has 0 N–H and O–H groups in total. The van der Waals surface area contributed by atoms with Gasteiger partial charge in [-0.15, -0.1) is 0 Å². The first-order valence-corrected chi connectivity index (χ1v) is 5.30. The van der Waals surface area contributed by atoms with Gasteiger partial charge in [0.05, 0.1) is 7.11 Å². The number of rotatable bonds is 4. The van der Waals surface area contributed by atoms with Crippen molar-refractivity contribution in [2.45, 2.75) is 38.1 Å². The van der Waals surface area contributed by atoms with Crippen LogP contribution in [0.2, 0.25) is 0 Å². The van der Waals surface area contributed by atoms with Crippen molar-refractivity contribution < 1.29 is 19.2 Å². The fraction of sp³-hybridized carbons (Fsp3) is 0.800. The Labute approximate surface area is 93.1 Å². The Hall–Kier alpha value is -1.46. The van der Waals surface area contributed by atoms with Crippen LogP contribution >= 0.6 is 0 Å². The highest BCUT2D eigenvalue weighted by Gasteiger charge is 2.36. The topological polar surface area (TPSA) is 86.5 Å². The van der Waals surface area contributed by atoms with Crippen LogP contribution in [0.3, 0.4) is 0 Å². The first-order valence-electron chi connectivity index (χ1n) is 5.30. The molecule has 6 nitrogen and oxygen atoms in total. The molecule has 0 aromatic heterocycles. The van der Waals surface area contributed by atoms with Crippen LogP contribution in [-0.2, 0) is 14.3 Å². The molecule has 16 heavy (non-hydrogen) atoms. The summed E-state index contributed by atoms with van der Waals surface area (Å²) in [6.45, 7) is 0. The average molecular weight is 229 g/mol. The third-order valence-electron chi connectivity index (χ3n) is 2.92. The van der Waals surface area contributed by atoms with Gasteiger partial charge >= 0.3 is 12.0 Å². The van der Waals surface area contributed by atoms with E-state index < -0.39 is 16.9 Å². The molecule has 1 rings (SSSR count). The van der Waals surface area contributed by atoms with Gasteiger partial charge in [0.1, 0.15) is 5.78 Å². The molecule has 0 amide bonds. The van der Waals surface area contributed by atoms with E-state index in [1.165, 1.54) is 0 Å². The van der Waals surface area contributed by atoms with Crippen molar-refractivity contribution in [2.75, 3.05) is 7.11 Å². The third kappa shape index (κ3) is 3.01. The second kappa shape index (κ2) is 5.58. The van der Waals surface area contributed by atoms with Crippen LogP contribution < -0.4 is 0 Å². The molecule has 90 valence electrons. The summed E-state index contributed by atoms with van der Waals surface area (Å²) in [5.74, 6) is -1.20. The van der Waals surface area contributed by atoms with E-state index in [1.54, 1.807) is 0 Å². The van der Waals surface area contributed by atoms with Crippen molar-refractivity contribution in [3.63, 3.8) is 0 Å². The van der Waals surface area contributed by atoms with Gasteiger partial charge in [-0.25, -0.2) is 4.79 Å². The van der Waals surface area contributed by atoms with Gasteiger partial charge in [-0.1, -0.05) is 6.42 Å². The molecule has 1 aliphatic rings. The minimum Gasteiger partial charge on any atom is -0.464 e. The van der Waals surface area contributed by atoms with Gasteiger partial charge in [-0.05, 0) is 12.8 Å². The quantitative estimate of drug-likeness (QED) is 0.407. The van der Waals surface area contributed by atoms with Crippen LogP contribution in [-0.4, -0.2) is 29.8 Å². The van der Waals surface area contributed by atoms with E-state index in [1.807, 2.05) is 0 Å². The maximum absolute atomic E-state index is 11.5. The predicted molar refractivity (Wildman–Crippen MR) is 54.4 cm³/mol. The normalized spacial score (nSPS) is 22.6. The average Bonchev–Trinajstić information content (AvgIpc) is 2.26. The van der Waals surface area contributed by atoms with Gasteiger partial charge in [0.2, 0.25) is 0 Å². The van der Waals surface area contributed by atoms with Crippen LogP contribution in [0.15, 0.2) is 0 Å². The minimum absolute atomic E-state index is 0.0293. The molecule has 0 radical (unpaired) electrons. The van der Waals surface area contributed by atoms with Crippen molar-refractivity contribution in [1.29, 1.82) is 0 Å². The lowest BCUT2D eigenvalue weighted by molar-refractivity contribution is -0.512. The summed E-state index contributed by atoms with van der Waals surface area (Å²) in [4.78, 5) is 32.6. The number of carbonyl (C=O) groups excluding carboxylic acids is 2. The summed E-state index contributed by atoms with van der Waals surface area (Å²) in [5.41, 5.74) is 0. The standard InChI is InChI=1S/C10H15NO5/c1-16-10(13)8(11(14)15)6-7-4-2-3-5-9(7)12/h7-8H,2-6H2,1H3. The van der Waals surface area contributed by atoms with Gasteiger partial charge < -0.3 is 4.74 Å². The highest BCUT2D eigenvalue weighted by atomic mass is 16.6. The molecule has 1 aliphatic carbocycles. The number of Topliss-reactive ketones (excluding diaryl/α,β-unsaturated/α-hetero) is 1. The summed E-state index contributed by atoms with van der Waals surface area (Å²) in [7, 11) is 1.11. The zero-order valence-electron chi connectivity index (χ0n) is 9.18. The van der Waals surface area contributed by atoms with Crippen LogP contribution in [0.1, 0.15) is 32.1 Å². The summed E-state index contributed by atoms with van der Waals surface area (Å²) in [6, 6.07) is -1.41. The summed E-state index contributed by atoms with van der Waals surface area (Å²) < 4.78 is 4.36. The van der Waals surface area contributed by atoms with E-state index in [4.69, 9.17) is 0 Å². The molecule has 1 fully saturated rings. The molecule has 1 saturated carbocycles. The lowest BCUT2D eigenvalue weighted by Gasteiger charge is -2.20. The van der Waals surface area contributed by atoms with Crippen molar-refractivity contribution in [3.8, 4) is 0 Å². The second-order valence-corrected chi connectivity index (χ2v) is 3.97. The van der Waals surface area contributed by atoms with Crippen LogP contribution in [0.4, 0.5) is 0 Å². The van der Waals surface area contributed by atoms with Crippen molar-refractivity contribution >= 4 is 11.8 Å². The first kappa shape index (κ1) is 12.6. The fourth-order valence-corrected chi connectivity index (χ4v) is 1.98. The van der Waals surface area contributed by atoms with Crippen molar-refractivity contribution in [1.82, 2.24) is 0 Å². The van der Waals surface area contributed by atoms with Gasteiger partial charge in [0, 0.05) is 23.7 Å². The van der Waals surface area contributed by atoms with Crippen LogP contribution in [0.25, 0.3) is 0 Å². The smallest absolute Gasteiger partial charge is 0.381 e. The molecule has 0 heterocycles. The van der Waals surface area contributed by atoms with E-state index in [0.717, 1.165) is 20.0 Å². The Morgan fingerprint density at radius 2 is 2.31 bits per heavy atom. The van der Waals surface area contributed by atoms with E-state index >= 15 is 0 Å². The molecular formula is C10H15NO5. The van der Waals surface area contributed by atoms with Gasteiger partial charge in [0.25, 0.3) is 0 Å². The van der Waals surface area contributed by atoms with E-state index in [9.17, 15) is 19.7 Å². The van der Waals surface area contributed by atoms with Crippen LogP contribution in [0, 0.1) is 16.0 Å². The highest BCUT2D eigenvalue weighted by molar-refractivity contribution is 5.83. The number of ketones is 1. The molecule has 2 atom stereocenters. The molecular weight excluding hydrogens is 214 g/mol. The second-order valence-electron chi connectivity index (χ2n) is 3.97. The largest absolute Gasteiger partial charge is 0.464 e. The Morgan fingerprint density at radius 3 is 2.81 bits per heavy atom. The first-order chi connectivity index (χ1) is 7.56. The lowest BCUT2D eigenvalue weighted by Crippen LogP contribution is -2.35. The Bertz CT molecular complexity index is 302. The van der Waals surface area contributed by atoms with E-state index in [2.05, 4.69) is 4.74 Å². The Kier molecular flexibility index (Phi) is 4.39. The maximum Gasteiger partial charge on any atom is 0.381 e. The number of nitro groups is 1. The molecule has 2 unspecified atom stereocenters. The Morgan fingerprint density at radius 1 is 1.62 bits per heavy atom. The van der Waals surface area contributed by atoms with Crippen LogP contribution in [0.5, 0.6) is 0 Å². The zero-order chi connectivity index (χ0) is 12.1. The number of nitrogens with zero attached hydrogens (tertiary/aromatic N) is 1. The van der Waals surface area contributed by atoms with E-state index in [-0.39, 0.29) is 18.1 Å². The molecule has 0 bridgehead atoms. The number of methoxy groups -OCH3 is 1. The van der Waals surface area contributed by atoms with E-state index in [0.29, 0.717) is 12.8 Å². The Balaban J connectivity index is 2.63. The highest BCUT2D eigenvalue weighted by Crippen LogP contribution is 2.25. The SMILES string of the molecule is COC(=O)C(CC1CCCCC1=O)[N+](=O)[O-]. The number of hydrogen-bond donors (Lipinski definition) is 0. The maximum atomic E-state index is 11.5.